The van der Waals surface area contributed by atoms with Gasteiger partial charge in [0.25, 0.3) is 0 Å². The predicted molar refractivity (Wildman–Crippen MR) is 133 cm³/mol. The fourth-order valence-corrected chi connectivity index (χ4v) is 10.3. The van der Waals surface area contributed by atoms with Gasteiger partial charge in [0, 0.05) is 0 Å². The fraction of sp³-hybridized carbons (Fsp3) is 0.933. The molecule has 1 N–H and O–H groups in total. The predicted octanol–water partition coefficient (Wildman–Crippen LogP) is 8.41. The number of hydrogen-bond acceptors (Lipinski definition) is 1. The van der Waals surface area contributed by atoms with Gasteiger partial charge in [0.05, 0.1) is 6.10 Å². The molecule has 4 saturated carbocycles. The largest absolute Gasteiger partial charge is 0.393 e. The molecule has 0 aromatic carbocycles. The van der Waals surface area contributed by atoms with E-state index in [4.69, 9.17) is 0 Å². The Morgan fingerprint density at radius 1 is 0.871 bits per heavy atom. The van der Waals surface area contributed by atoms with E-state index in [2.05, 4.69) is 61.5 Å². The van der Waals surface area contributed by atoms with Crippen molar-refractivity contribution in [3.63, 3.8) is 0 Å². The lowest BCUT2D eigenvalue weighted by Gasteiger charge is -2.70. The first kappa shape index (κ1) is 23.8. The summed E-state index contributed by atoms with van der Waals surface area (Å²) < 4.78 is 0. The van der Waals surface area contributed by atoms with Gasteiger partial charge >= 0.3 is 0 Å². The van der Waals surface area contributed by atoms with Crippen LogP contribution in [0, 0.1) is 51.2 Å². The van der Waals surface area contributed by atoms with Crippen molar-refractivity contribution < 1.29 is 5.11 Å². The van der Waals surface area contributed by atoms with Gasteiger partial charge in [-0.25, -0.2) is 0 Å². The zero-order chi connectivity index (χ0) is 22.8. The van der Waals surface area contributed by atoms with Gasteiger partial charge in [-0.05, 0) is 129 Å². The van der Waals surface area contributed by atoms with Crippen molar-refractivity contribution in [2.45, 2.75) is 126 Å². The van der Waals surface area contributed by atoms with E-state index in [1.165, 1.54) is 63.4 Å². The van der Waals surface area contributed by atoms with Crippen molar-refractivity contribution in [3.8, 4) is 0 Å². The minimum Gasteiger partial charge on any atom is -0.393 e. The van der Waals surface area contributed by atoms with E-state index in [9.17, 15) is 5.11 Å². The molecular weight excluding hydrogens is 376 g/mol. The smallest absolute Gasteiger partial charge is 0.0594 e. The number of rotatable bonds is 4. The van der Waals surface area contributed by atoms with Crippen LogP contribution in [0.2, 0.25) is 0 Å². The first-order chi connectivity index (χ1) is 14.4. The lowest BCUT2D eigenvalue weighted by atomic mass is 9.35. The van der Waals surface area contributed by atoms with Crippen LogP contribution in [0.1, 0.15) is 120 Å². The van der Waals surface area contributed by atoms with Gasteiger partial charge < -0.3 is 5.11 Å². The van der Waals surface area contributed by atoms with Crippen LogP contribution < -0.4 is 0 Å². The lowest BCUT2D eigenvalue weighted by molar-refractivity contribution is -0.222. The van der Waals surface area contributed by atoms with E-state index in [1.54, 1.807) is 0 Å². The molecular formula is C30H52O. The third kappa shape index (κ3) is 3.41. The van der Waals surface area contributed by atoms with Gasteiger partial charge in [-0.3, -0.25) is 0 Å². The molecule has 178 valence electrons. The number of fused-ring (bicyclic) bond motifs is 5. The fourth-order valence-electron chi connectivity index (χ4n) is 10.3. The highest BCUT2D eigenvalue weighted by Crippen LogP contribution is 2.75. The second-order valence-corrected chi connectivity index (χ2v) is 14.1. The average molecular weight is 429 g/mol. The molecule has 4 rings (SSSR count). The number of allylic oxidation sites excluding steroid dienone is 2. The molecule has 0 amide bonds. The van der Waals surface area contributed by atoms with Gasteiger partial charge in [0.1, 0.15) is 0 Å². The van der Waals surface area contributed by atoms with Crippen molar-refractivity contribution in [1.82, 2.24) is 0 Å². The van der Waals surface area contributed by atoms with Crippen LogP contribution in [-0.2, 0) is 0 Å². The van der Waals surface area contributed by atoms with Crippen LogP contribution in [0.5, 0.6) is 0 Å². The van der Waals surface area contributed by atoms with Crippen molar-refractivity contribution in [2.24, 2.45) is 51.2 Å². The molecule has 0 aromatic heterocycles. The van der Waals surface area contributed by atoms with Crippen LogP contribution in [0.25, 0.3) is 0 Å². The van der Waals surface area contributed by atoms with E-state index >= 15 is 0 Å². The number of aliphatic hydroxyl groups excluding tert-OH is 1. The summed E-state index contributed by atoms with van der Waals surface area (Å²) in [6, 6.07) is 0. The summed E-state index contributed by atoms with van der Waals surface area (Å²) in [7, 11) is 0. The Hall–Kier alpha value is -0.300. The molecule has 0 heterocycles. The average Bonchev–Trinajstić information content (AvgIpc) is 3.03. The summed E-state index contributed by atoms with van der Waals surface area (Å²) in [4.78, 5) is 0. The zero-order valence-electron chi connectivity index (χ0n) is 22.1. The highest BCUT2D eigenvalue weighted by molar-refractivity contribution is 5.17. The first-order valence-corrected chi connectivity index (χ1v) is 13.7. The first-order valence-electron chi connectivity index (χ1n) is 13.7. The molecule has 1 heteroatoms. The van der Waals surface area contributed by atoms with E-state index < -0.39 is 0 Å². The molecule has 1 nitrogen and oxygen atoms in total. The summed E-state index contributed by atoms with van der Waals surface area (Å²) in [5.41, 5.74) is 2.95. The van der Waals surface area contributed by atoms with Crippen molar-refractivity contribution in [3.05, 3.63) is 11.6 Å². The maximum atomic E-state index is 10.8. The summed E-state index contributed by atoms with van der Waals surface area (Å²) in [6.07, 6.45) is 15.8. The van der Waals surface area contributed by atoms with Crippen LogP contribution in [0.15, 0.2) is 11.6 Å². The summed E-state index contributed by atoms with van der Waals surface area (Å²) in [5, 5.41) is 10.8. The van der Waals surface area contributed by atoms with Gasteiger partial charge in [0.2, 0.25) is 0 Å². The highest BCUT2D eigenvalue weighted by Gasteiger charge is 2.68. The van der Waals surface area contributed by atoms with E-state index in [0.717, 1.165) is 30.1 Å². The summed E-state index contributed by atoms with van der Waals surface area (Å²) in [5.74, 6) is 4.24. The van der Waals surface area contributed by atoms with E-state index in [0.29, 0.717) is 22.2 Å². The molecule has 4 aliphatic rings. The molecule has 0 aromatic rings. The van der Waals surface area contributed by atoms with Gasteiger partial charge in [0.15, 0.2) is 0 Å². The monoisotopic (exact) mass is 428 g/mol. The Kier molecular flexibility index (Phi) is 6.07. The maximum absolute atomic E-state index is 10.8. The minimum absolute atomic E-state index is 0.0731. The Morgan fingerprint density at radius 2 is 1.55 bits per heavy atom. The zero-order valence-corrected chi connectivity index (χ0v) is 22.1. The standard InChI is InChI=1S/C30H52O/c1-20(2)10-9-11-21(3)22-14-18-29(7)23(22)12-13-25-28(6)17-16-26(31)27(4,5)24(28)15-19-30(25,29)8/h10,21-26,31H,9,11-19H2,1-8H3. The van der Waals surface area contributed by atoms with Gasteiger partial charge in [-0.2, -0.15) is 0 Å². The van der Waals surface area contributed by atoms with Crippen molar-refractivity contribution in [2.75, 3.05) is 0 Å². The van der Waals surface area contributed by atoms with E-state index in [1.807, 2.05) is 0 Å². The molecule has 0 spiro atoms. The van der Waals surface area contributed by atoms with Crippen LogP contribution >= 0.6 is 0 Å². The van der Waals surface area contributed by atoms with Crippen LogP contribution in [-0.4, -0.2) is 11.2 Å². The molecule has 0 bridgehead atoms. The number of aliphatic hydroxyl groups is 1. The summed E-state index contributed by atoms with van der Waals surface area (Å²) in [6.45, 7) is 19.9. The molecule has 0 aliphatic heterocycles. The SMILES string of the molecule is CC(C)=CCCC(C)C1CCC2(C)C1CCC1C3(C)CCC(O)C(C)(C)C3CCC12C. The third-order valence-corrected chi connectivity index (χ3v) is 12.3. The topological polar surface area (TPSA) is 20.2 Å². The summed E-state index contributed by atoms with van der Waals surface area (Å²) >= 11 is 0. The Balaban J connectivity index is 1.58. The lowest BCUT2D eigenvalue weighted by Crippen LogP contribution is -2.63. The second-order valence-electron chi connectivity index (χ2n) is 14.1. The quantitative estimate of drug-likeness (QED) is 0.445. The Morgan fingerprint density at radius 3 is 2.23 bits per heavy atom. The molecule has 9 unspecified atom stereocenters. The molecule has 9 atom stereocenters. The van der Waals surface area contributed by atoms with Gasteiger partial charge in [-0.1, -0.05) is 53.2 Å². The Bertz CT molecular complexity index is 701. The van der Waals surface area contributed by atoms with Crippen molar-refractivity contribution >= 4 is 0 Å². The van der Waals surface area contributed by atoms with Crippen LogP contribution in [0.4, 0.5) is 0 Å². The molecule has 4 fully saturated rings. The molecule has 0 saturated heterocycles. The molecule has 4 aliphatic carbocycles. The normalized spacial score (nSPS) is 49.5. The van der Waals surface area contributed by atoms with E-state index in [-0.39, 0.29) is 11.5 Å². The minimum atomic E-state index is -0.112. The third-order valence-electron chi connectivity index (χ3n) is 12.3. The number of hydrogen-bond donors (Lipinski definition) is 1. The maximum Gasteiger partial charge on any atom is 0.0594 e. The highest BCUT2D eigenvalue weighted by atomic mass is 16.3. The Labute approximate surface area is 193 Å². The van der Waals surface area contributed by atoms with Crippen LogP contribution in [0.3, 0.4) is 0 Å². The molecule has 31 heavy (non-hydrogen) atoms. The van der Waals surface area contributed by atoms with Gasteiger partial charge in [-0.15, -0.1) is 0 Å². The molecule has 0 radical (unpaired) electrons. The van der Waals surface area contributed by atoms with Crippen molar-refractivity contribution in [1.29, 1.82) is 0 Å². The second kappa shape index (κ2) is 7.89.